The van der Waals surface area contributed by atoms with Gasteiger partial charge in [0.25, 0.3) is 5.91 Å². The number of carbonyl (C=O) groups excluding carboxylic acids is 1. The third-order valence-corrected chi connectivity index (χ3v) is 4.85. The highest BCUT2D eigenvalue weighted by atomic mass is 16.5. The summed E-state index contributed by atoms with van der Waals surface area (Å²) in [5, 5.41) is 2.90. The van der Waals surface area contributed by atoms with Crippen LogP contribution in [0.15, 0.2) is 60.7 Å². The van der Waals surface area contributed by atoms with Crippen LogP contribution in [0.3, 0.4) is 0 Å². The van der Waals surface area contributed by atoms with Gasteiger partial charge in [-0.15, -0.1) is 0 Å². The Hall–Kier alpha value is -3.47. The second-order valence-corrected chi connectivity index (χ2v) is 6.94. The molecule has 0 aliphatic heterocycles. The van der Waals surface area contributed by atoms with Crippen LogP contribution < -0.4 is 19.5 Å². The molecule has 30 heavy (non-hydrogen) atoms. The number of rotatable bonds is 8. The first-order valence-electron chi connectivity index (χ1n) is 9.92. The van der Waals surface area contributed by atoms with Crippen LogP contribution in [-0.2, 0) is 6.61 Å². The molecule has 0 saturated heterocycles. The van der Waals surface area contributed by atoms with E-state index in [9.17, 15) is 4.79 Å². The Morgan fingerprint density at radius 2 is 1.70 bits per heavy atom. The summed E-state index contributed by atoms with van der Waals surface area (Å²) in [6.07, 6.45) is 0. The van der Waals surface area contributed by atoms with Gasteiger partial charge in [0.1, 0.15) is 23.9 Å². The van der Waals surface area contributed by atoms with Gasteiger partial charge in [0.15, 0.2) is 0 Å². The number of amides is 1. The summed E-state index contributed by atoms with van der Waals surface area (Å²) < 4.78 is 17.0. The summed E-state index contributed by atoms with van der Waals surface area (Å²) in [5.74, 6) is 1.87. The topological polar surface area (TPSA) is 56.8 Å². The van der Waals surface area contributed by atoms with Crippen molar-refractivity contribution in [2.45, 2.75) is 27.4 Å². The van der Waals surface area contributed by atoms with E-state index in [-0.39, 0.29) is 5.91 Å². The number of ether oxygens (including phenoxy) is 3. The number of nitrogens with one attached hydrogen (secondary N) is 1. The molecule has 3 aromatic carbocycles. The predicted molar refractivity (Wildman–Crippen MR) is 119 cm³/mol. The van der Waals surface area contributed by atoms with E-state index < -0.39 is 0 Å². The molecule has 5 heteroatoms. The van der Waals surface area contributed by atoms with Crippen molar-refractivity contribution in [2.24, 2.45) is 0 Å². The summed E-state index contributed by atoms with van der Waals surface area (Å²) in [6, 6.07) is 18.6. The second kappa shape index (κ2) is 9.83. The molecule has 0 aliphatic carbocycles. The van der Waals surface area contributed by atoms with Crippen molar-refractivity contribution in [2.75, 3.05) is 19.0 Å². The molecule has 0 aromatic heterocycles. The van der Waals surface area contributed by atoms with Crippen LogP contribution in [0.25, 0.3) is 0 Å². The van der Waals surface area contributed by atoms with Crippen LogP contribution in [-0.4, -0.2) is 19.6 Å². The third-order valence-electron chi connectivity index (χ3n) is 4.85. The molecule has 0 spiro atoms. The molecular formula is C25H27NO4. The number of hydrogen-bond donors (Lipinski definition) is 1. The van der Waals surface area contributed by atoms with Crippen LogP contribution in [0.4, 0.5) is 5.69 Å². The van der Waals surface area contributed by atoms with Crippen LogP contribution in [0, 0.1) is 13.8 Å². The molecule has 0 saturated carbocycles. The van der Waals surface area contributed by atoms with Crippen molar-refractivity contribution in [1.82, 2.24) is 0 Å². The highest BCUT2D eigenvalue weighted by Gasteiger charge is 2.13. The van der Waals surface area contributed by atoms with E-state index in [1.165, 1.54) is 11.1 Å². The van der Waals surface area contributed by atoms with Crippen molar-refractivity contribution in [3.05, 3.63) is 82.9 Å². The summed E-state index contributed by atoms with van der Waals surface area (Å²) in [4.78, 5) is 12.8. The lowest BCUT2D eigenvalue weighted by atomic mass is 10.1. The molecule has 5 nitrogen and oxygen atoms in total. The molecule has 1 N–H and O–H groups in total. The molecule has 0 bridgehead atoms. The van der Waals surface area contributed by atoms with Crippen molar-refractivity contribution in [1.29, 1.82) is 0 Å². The Bertz CT molecular complexity index is 1030. The van der Waals surface area contributed by atoms with E-state index in [1.54, 1.807) is 37.4 Å². The Kier molecular flexibility index (Phi) is 6.96. The van der Waals surface area contributed by atoms with Gasteiger partial charge in [0.05, 0.1) is 19.4 Å². The monoisotopic (exact) mass is 405 g/mol. The molecule has 0 unspecified atom stereocenters. The first kappa shape index (κ1) is 21.2. The molecular weight excluding hydrogens is 378 g/mol. The zero-order valence-electron chi connectivity index (χ0n) is 17.8. The van der Waals surface area contributed by atoms with Crippen molar-refractivity contribution in [3.63, 3.8) is 0 Å². The molecule has 0 fully saturated rings. The SMILES string of the molecule is CCOc1ccc(C(=O)Nc2ccccc2OC)cc1COc1ccc(C)c(C)c1. The maximum absolute atomic E-state index is 12.8. The van der Waals surface area contributed by atoms with Gasteiger partial charge in [0, 0.05) is 11.1 Å². The van der Waals surface area contributed by atoms with Crippen molar-refractivity contribution in [3.8, 4) is 17.2 Å². The molecule has 3 aromatic rings. The minimum Gasteiger partial charge on any atom is -0.495 e. The van der Waals surface area contributed by atoms with Crippen LogP contribution >= 0.6 is 0 Å². The fourth-order valence-corrected chi connectivity index (χ4v) is 3.04. The number of para-hydroxylation sites is 2. The lowest BCUT2D eigenvalue weighted by Crippen LogP contribution is -2.13. The highest BCUT2D eigenvalue weighted by molar-refractivity contribution is 6.05. The van der Waals surface area contributed by atoms with E-state index >= 15 is 0 Å². The Labute approximate surface area is 177 Å². The number of carbonyl (C=O) groups is 1. The normalized spacial score (nSPS) is 10.4. The summed E-state index contributed by atoms with van der Waals surface area (Å²) in [7, 11) is 1.57. The predicted octanol–water partition coefficient (Wildman–Crippen LogP) is 5.54. The van der Waals surface area contributed by atoms with E-state index in [1.807, 2.05) is 37.3 Å². The van der Waals surface area contributed by atoms with E-state index in [0.717, 1.165) is 11.3 Å². The first-order chi connectivity index (χ1) is 14.5. The van der Waals surface area contributed by atoms with Crippen LogP contribution in [0.2, 0.25) is 0 Å². The molecule has 0 aliphatic rings. The lowest BCUT2D eigenvalue weighted by Gasteiger charge is -2.14. The average Bonchev–Trinajstić information content (AvgIpc) is 2.76. The van der Waals surface area contributed by atoms with Crippen LogP contribution in [0.1, 0.15) is 34.0 Å². The zero-order valence-corrected chi connectivity index (χ0v) is 17.8. The Balaban J connectivity index is 1.80. The number of methoxy groups -OCH3 is 1. The van der Waals surface area contributed by atoms with Gasteiger partial charge < -0.3 is 19.5 Å². The maximum atomic E-state index is 12.8. The minimum absolute atomic E-state index is 0.227. The van der Waals surface area contributed by atoms with E-state index in [4.69, 9.17) is 14.2 Å². The highest BCUT2D eigenvalue weighted by Crippen LogP contribution is 2.26. The number of aryl methyl sites for hydroxylation is 2. The summed E-state index contributed by atoms with van der Waals surface area (Å²) >= 11 is 0. The molecule has 0 atom stereocenters. The van der Waals surface area contributed by atoms with Gasteiger partial charge >= 0.3 is 0 Å². The van der Waals surface area contributed by atoms with Gasteiger partial charge in [-0.05, 0) is 74.4 Å². The Morgan fingerprint density at radius 3 is 2.43 bits per heavy atom. The number of anilines is 1. The fraction of sp³-hybridized carbons (Fsp3) is 0.240. The Morgan fingerprint density at radius 1 is 0.900 bits per heavy atom. The molecule has 3 rings (SSSR count). The fourth-order valence-electron chi connectivity index (χ4n) is 3.04. The van der Waals surface area contributed by atoms with E-state index in [2.05, 4.69) is 19.2 Å². The number of benzene rings is 3. The molecule has 1 amide bonds. The largest absolute Gasteiger partial charge is 0.495 e. The van der Waals surface area contributed by atoms with E-state index in [0.29, 0.717) is 36.0 Å². The maximum Gasteiger partial charge on any atom is 0.255 e. The minimum atomic E-state index is -0.227. The number of hydrogen-bond acceptors (Lipinski definition) is 4. The quantitative estimate of drug-likeness (QED) is 0.534. The summed E-state index contributed by atoms with van der Waals surface area (Å²) in [6.45, 7) is 6.88. The van der Waals surface area contributed by atoms with Gasteiger partial charge in [-0.3, -0.25) is 4.79 Å². The standard InChI is InChI=1S/C25H27NO4/c1-5-29-23-13-11-19(25(27)26-22-8-6-7-9-24(22)28-4)15-20(23)16-30-21-12-10-17(2)18(3)14-21/h6-15H,5,16H2,1-4H3,(H,26,27). The van der Waals surface area contributed by atoms with Gasteiger partial charge in [-0.1, -0.05) is 18.2 Å². The summed E-state index contributed by atoms with van der Waals surface area (Å²) in [5.41, 5.74) is 4.33. The van der Waals surface area contributed by atoms with Gasteiger partial charge in [-0.25, -0.2) is 0 Å². The smallest absolute Gasteiger partial charge is 0.255 e. The van der Waals surface area contributed by atoms with Gasteiger partial charge in [-0.2, -0.15) is 0 Å². The zero-order chi connectivity index (χ0) is 21.5. The average molecular weight is 405 g/mol. The molecule has 0 radical (unpaired) electrons. The van der Waals surface area contributed by atoms with Crippen LogP contribution in [0.5, 0.6) is 17.2 Å². The first-order valence-corrected chi connectivity index (χ1v) is 9.92. The molecule has 156 valence electrons. The van der Waals surface area contributed by atoms with Crippen molar-refractivity contribution < 1.29 is 19.0 Å². The van der Waals surface area contributed by atoms with Crippen molar-refractivity contribution >= 4 is 11.6 Å². The van der Waals surface area contributed by atoms with Gasteiger partial charge in [0.2, 0.25) is 0 Å². The second-order valence-electron chi connectivity index (χ2n) is 6.94. The third kappa shape index (κ3) is 5.11. The molecule has 0 heterocycles. The lowest BCUT2D eigenvalue weighted by molar-refractivity contribution is 0.102.